The lowest BCUT2D eigenvalue weighted by molar-refractivity contribution is -0.122. The maximum absolute atomic E-state index is 12.6. The molecular formula is C24H32N2O3. The molecule has 0 aliphatic rings. The van der Waals surface area contributed by atoms with E-state index in [4.69, 9.17) is 4.74 Å². The third kappa shape index (κ3) is 6.63. The molecule has 156 valence electrons. The van der Waals surface area contributed by atoms with Gasteiger partial charge in [-0.2, -0.15) is 0 Å². The zero-order valence-corrected chi connectivity index (χ0v) is 18.4. The highest BCUT2D eigenvalue weighted by Gasteiger charge is 2.21. The fraction of sp³-hybridized carbons (Fsp3) is 0.417. The van der Waals surface area contributed by atoms with Gasteiger partial charge >= 0.3 is 0 Å². The fourth-order valence-electron chi connectivity index (χ4n) is 2.72. The van der Waals surface area contributed by atoms with Crippen LogP contribution in [0.5, 0.6) is 5.75 Å². The van der Waals surface area contributed by atoms with Crippen LogP contribution >= 0.6 is 0 Å². The molecule has 1 atom stereocenters. The molecule has 29 heavy (non-hydrogen) atoms. The number of para-hydroxylation sites is 1. The minimum absolute atomic E-state index is 0.0544. The Morgan fingerprint density at radius 2 is 1.48 bits per heavy atom. The van der Waals surface area contributed by atoms with Crippen molar-refractivity contribution < 1.29 is 14.3 Å². The maximum Gasteiger partial charge on any atom is 0.265 e. The van der Waals surface area contributed by atoms with Crippen LogP contribution in [0.4, 0.5) is 5.69 Å². The summed E-state index contributed by atoms with van der Waals surface area (Å²) in [5.41, 5.74) is 1.75. The van der Waals surface area contributed by atoms with Crippen LogP contribution in [-0.2, 0) is 10.2 Å². The molecule has 2 aromatic carbocycles. The van der Waals surface area contributed by atoms with Gasteiger partial charge in [-0.1, -0.05) is 45.0 Å². The Balaban J connectivity index is 2.07. The SMILES string of the molecule is CC(Oc1ccc(C(C)(C)C)cc1)C(=O)Nc1ccccc1C(=O)NC(C)(C)C. The predicted octanol–water partition coefficient (Wildman–Crippen LogP) is 4.92. The van der Waals surface area contributed by atoms with Crippen LogP contribution in [0.1, 0.15) is 64.4 Å². The van der Waals surface area contributed by atoms with Crippen LogP contribution in [-0.4, -0.2) is 23.5 Å². The molecule has 5 nitrogen and oxygen atoms in total. The Kier molecular flexibility index (Phi) is 6.73. The van der Waals surface area contributed by atoms with Crippen molar-refractivity contribution in [1.29, 1.82) is 0 Å². The minimum atomic E-state index is -0.714. The van der Waals surface area contributed by atoms with Gasteiger partial charge in [-0.05, 0) is 62.9 Å². The van der Waals surface area contributed by atoms with E-state index in [0.29, 0.717) is 17.0 Å². The highest BCUT2D eigenvalue weighted by atomic mass is 16.5. The number of nitrogens with one attached hydrogen (secondary N) is 2. The van der Waals surface area contributed by atoms with Crippen molar-refractivity contribution in [1.82, 2.24) is 5.32 Å². The first-order valence-corrected chi connectivity index (χ1v) is 9.86. The zero-order chi connectivity index (χ0) is 21.8. The van der Waals surface area contributed by atoms with E-state index >= 15 is 0 Å². The fourth-order valence-corrected chi connectivity index (χ4v) is 2.72. The Labute approximate surface area is 173 Å². The third-order valence-electron chi connectivity index (χ3n) is 4.32. The standard InChI is InChI=1S/C24H32N2O3/c1-16(29-18-14-12-17(13-15-18)23(2,3)4)21(27)25-20-11-9-8-10-19(20)22(28)26-24(5,6)7/h8-16H,1-7H3,(H,25,27)(H,26,28). The van der Waals surface area contributed by atoms with Crippen molar-refractivity contribution in [3.63, 3.8) is 0 Å². The molecule has 0 spiro atoms. The summed E-state index contributed by atoms with van der Waals surface area (Å²) in [6.45, 7) is 13.8. The number of amides is 2. The molecule has 2 amide bonds. The van der Waals surface area contributed by atoms with Crippen LogP contribution < -0.4 is 15.4 Å². The van der Waals surface area contributed by atoms with Gasteiger partial charge in [0.25, 0.3) is 11.8 Å². The Morgan fingerprint density at radius 1 is 0.897 bits per heavy atom. The predicted molar refractivity (Wildman–Crippen MR) is 118 cm³/mol. The van der Waals surface area contributed by atoms with Gasteiger partial charge < -0.3 is 15.4 Å². The maximum atomic E-state index is 12.6. The number of benzene rings is 2. The van der Waals surface area contributed by atoms with Crippen LogP contribution in [0.15, 0.2) is 48.5 Å². The molecule has 0 aliphatic carbocycles. The Hall–Kier alpha value is -2.82. The van der Waals surface area contributed by atoms with E-state index in [2.05, 4.69) is 31.4 Å². The van der Waals surface area contributed by atoms with E-state index in [-0.39, 0.29) is 22.8 Å². The minimum Gasteiger partial charge on any atom is -0.481 e. The van der Waals surface area contributed by atoms with Crippen LogP contribution in [0.25, 0.3) is 0 Å². The number of hydrogen-bond acceptors (Lipinski definition) is 3. The van der Waals surface area contributed by atoms with Crippen LogP contribution in [0, 0.1) is 0 Å². The lowest BCUT2D eigenvalue weighted by Gasteiger charge is -2.22. The lowest BCUT2D eigenvalue weighted by Crippen LogP contribution is -2.41. The number of anilines is 1. The number of carbonyl (C=O) groups excluding carboxylic acids is 2. The second-order valence-electron chi connectivity index (χ2n) is 9.27. The Morgan fingerprint density at radius 3 is 2.03 bits per heavy atom. The van der Waals surface area contributed by atoms with Crippen molar-refractivity contribution in [2.75, 3.05) is 5.32 Å². The quantitative estimate of drug-likeness (QED) is 0.754. The summed E-state index contributed by atoms with van der Waals surface area (Å²) in [7, 11) is 0. The highest BCUT2D eigenvalue weighted by molar-refractivity contribution is 6.04. The summed E-state index contributed by atoms with van der Waals surface area (Å²) in [6, 6.07) is 14.7. The summed E-state index contributed by atoms with van der Waals surface area (Å²) < 4.78 is 5.78. The van der Waals surface area contributed by atoms with Crippen molar-refractivity contribution in [2.45, 2.75) is 65.5 Å². The van der Waals surface area contributed by atoms with E-state index in [9.17, 15) is 9.59 Å². The molecular weight excluding hydrogens is 364 g/mol. The average Bonchev–Trinajstić information content (AvgIpc) is 2.60. The van der Waals surface area contributed by atoms with E-state index in [0.717, 1.165) is 0 Å². The monoisotopic (exact) mass is 396 g/mol. The first-order valence-electron chi connectivity index (χ1n) is 9.86. The first kappa shape index (κ1) is 22.5. The first-order chi connectivity index (χ1) is 13.4. The molecule has 0 saturated carbocycles. The molecule has 0 aliphatic heterocycles. The number of rotatable bonds is 5. The van der Waals surface area contributed by atoms with Crippen molar-refractivity contribution in [3.05, 3.63) is 59.7 Å². The van der Waals surface area contributed by atoms with E-state index < -0.39 is 6.10 Å². The topological polar surface area (TPSA) is 67.4 Å². The summed E-state index contributed by atoms with van der Waals surface area (Å²) >= 11 is 0. The average molecular weight is 397 g/mol. The second kappa shape index (κ2) is 8.68. The van der Waals surface area contributed by atoms with Gasteiger partial charge in [-0.3, -0.25) is 9.59 Å². The molecule has 0 bridgehead atoms. The molecule has 2 aromatic rings. The van der Waals surface area contributed by atoms with Gasteiger partial charge in [0.05, 0.1) is 11.3 Å². The smallest absolute Gasteiger partial charge is 0.265 e. The summed E-state index contributed by atoms with van der Waals surface area (Å²) in [5.74, 6) is 0.0695. The number of hydrogen-bond donors (Lipinski definition) is 2. The van der Waals surface area contributed by atoms with E-state index in [1.807, 2.05) is 45.0 Å². The summed E-state index contributed by atoms with van der Waals surface area (Å²) in [6.07, 6.45) is -0.714. The normalized spacial score (nSPS) is 12.8. The highest BCUT2D eigenvalue weighted by Crippen LogP contribution is 2.25. The molecule has 5 heteroatoms. The second-order valence-corrected chi connectivity index (χ2v) is 9.27. The molecule has 0 fully saturated rings. The molecule has 0 heterocycles. The van der Waals surface area contributed by atoms with Gasteiger partial charge in [0.1, 0.15) is 5.75 Å². The summed E-state index contributed by atoms with van der Waals surface area (Å²) in [5, 5.41) is 5.72. The molecule has 2 rings (SSSR count). The van der Waals surface area contributed by atoms with Crippen molar-refractivity contribution >= 4 is 17.5 Å². The largest absolute Gasteiger partial charge is 0.481 e. The van der Waals surface area contributed by atoms with E-state index in [1.165, 1.54) is 5.56 Å². The molecule has 0 aromatic heterocycles. The van der Waals surface area contributed by atoms with Crippen LogP contribution in [0.2, 0.25) is 0 Å². The third-order valence-corrected chi connectivity index (χ3v) is 4.32. The molecule has 2 N–H and O–H groups in total. The van der Waals surface area contributed by atoms with Gasteiger partial charge in [0.2, 0.25) is 0 Å². The number of ether oxygens (including phenoxy) is 1. The lowest BCUT2D eigenvalue weighted by atomic mass is 9.87. The van der Waals surface area contributed by atoms with Crippen molar-refractivity contribution in [3.8, 4) is 5.75 Å². The number of carbonyl (C=O) groups is 2. The van der Waals surface area contributed by atoms with Gasteiger partial charge in [0.15, 0.2) is 6.10 Å². The van der Waals surface area contributed by atoms with Gasteiger partial charge in [-0.25, -0.2) is 0 Å². The van der Waals surface area contributed by atoms with Crippen molar-refractivity contribution in [2.24, 2.45) is 0 Å². The van der Waals surface area contributed by atoms with E-state index in [1.54, 1.807) is 31.2 Å². The van der Waals surface area contributed by atoms with Gasteiger partial charge in [-0.15, -0.1) is 0 Å². The molecule has 0 saturated heterocycles. The molecule has 0 radical (unpaired) electrons. The van der Waals surface area contributed by atoms with Gasteiger partial charge in [0, 0.05) is 5.54 Å². The zero-order valence-electron chi connectivity index (χ0n) is 18.4. The van der Waals surface area contributed by atoms with Crippen LogP contribution in [0.3, 0.4) is 0 Å². The summed E-state index contributed by atoms with van der Waals surface area (Å²) in [4.78, 5) is 25.2. The Bertz CT molecular complexity index is 859. The molecule has 1 unspecified atom stereocenters.